The Kier molecular flexibility index (Phi) is 5.87. The molecule has 3 aliphatic carbocycles. The largest absolute Gasteiger partial charge is 0.0914 e. The predicted octanol–water partition coefficient (Wildman–Crippen LogP) is 7.15. The van der Waals surface area contributed by atoms with Gasteiger partial charge in [0.1, 0.15) is 0 Å². The molecule has 0 saturated heterocycles. The monoisotopic (exact) mass is 350 g/mol. The normalized spacial score (nSPS) is 34.5. The van der Waals surface area contributed by atoms with Crippen LogP contribution in [0.15, 0.2) is 30.4 Å². The molecule has 2 saturated carbocycles. The average Bonchev–Trinajstić information content (AvgIpc) is 2.68. The van der Waals surface area contributed by atoms with Crippen molar-refractivity contribution in [3.05, 3.63) is 47.0 Å². The van der Waals surface area contributed by atoms with Crippen LogP contribution < -0.4 is 0 Å². The summed E-state index contributed by atoms with van der Waals surface area (Å²) >= 11 is 0. The van der Waals surface area contributed by atoms with Gasteiger partial charge < -0.3 is 0 Å². The molecular formula is C26H38. The third-order valence-electron chi connectivity index (χ3n) is 7.90. The van der Waals surface area contributed by atoms with Gasteiger partial charge in [0.05, 0.1) is 0 Å². The molecule has 5 atom stereocenters. The van der Waals surface area contributed by atoms with Gasteiger partial charge in [-0.05, 0) is 117 Å². The second-order valence-electron chi connectivity index (χ2n) is 9.55. The van der Waals surface area contributed by atoms with Gasteiger partial charge in [-0.25, -0.2) is 0 Å². The number of aryl methyl sites for hydroxylation is 2. The highest BCUT2D eigenvalue weighted by Gasteiger charge is 2.38. The molecule has 2 unspecified atom stereocenters. The van der Waals surface area contributed by atoms with Crippen molar-refractivity contribution in [3.63, 3.8) is 0 Å². The Balaban J connectivity index is 1.36. The number of rotatable bonds is 4. The quantitative estimate of drug-likeness (QED) is 0.506. The van der Waals surface area contributed by atoms with E-state index in [0.717, 1.165) is 29.6 Å². The van der Waals surface area contributed by atoms with Crippen molar-refractivity contribution in [1.82, 2.24) is 0 Å². The van der Waals surface area contributed by atoms with Gasteiger partial charge in [0.15, 0.2) is 0 Å². The zero-order valence-corrected chi connectivity index (χ0v) is 17.1. The molecule has 0 heteroatoms. The Bertz CT molecular complexity index is 625. The molecule has 1 aromatic carbocycles. The Hall–Kier alpha value is -1.04. The van der Waals surface area contributed by atoms with Crippen molar-refractivity contribution in [3.8, 4) is 0 Å². The maximum absolute atomic E-state index is 2.52. The van der Waals surface area contributed by atoms with Crippen molar-refractivity contribution >= 4 is 0 Å². The lowest BCUT2D eigenvalue weighted by Crippen LogP contribution is -2.34. The Morgan fingerprint density at radius 3 is 2.46 bits per heavy atom. The first kappa shape index (κ1) is 18.3. The number of fused-ring (bicyclic) bond motifs is 2. The summed E-state index contributed by atoms with van der Waals surface area (Å²) in [7, 11) is 0. The van der Waals surface area contributed by atoms with Crippen molar-refractivity contribution in [2.75, 3.05) is 0 Å². The zero-order chi connectivity index (χ0) is 17.9. The highest BCUT2D eigenvalue weighted by atomic mass is 14.4. The van der Waals surface area contributed by atoms with Gasteiger partial charge in [-0.2, -0.15) is 0 Å². The predicted molar refractivity (Wildman–Crippen MR) is 112 cm³/mol. The Labute approximate surface area is 161 Å². The average molecular weight is 351 g/mol. The highest BCUT2D eigenvalue weighted by molar-refractivity contribution is 5.34. The molecule has 2 fully saturated rings. The molecule has 1 aromatic rings. The van der Waals surface area contributed by atoms with E-state index >= 15 is 0 Å². The number of hydrogen-bond donors (Lipinski definition) is 0. The molecule has 0 N–H and O–H groups in total. The van der Waals surface area contributed by atoms with E-state index < -0.39 is 0 Å². The van der Waals surface area contributed by atoms with Gasteiger partial charge in [0, 0.05) is 0 Å². The summed E-state index contributed by atoms with van der Waals surface area (Å²) in [5.74, 6) is 4.95. The molecule has 26 heavy (non-hydrogen) atoms. The first-order valence-corrected chi connectivity index (χ1v) is 11.5. The summed E-state index contributed by atoms with van der Waals surface area (Å²) in [5, 5.41) is 0. The first-order valence-electron chi connectivity index (χ1n) is 11.5. The van der Waals surface area contributed by atoms with E-state index in [1.165, 1.54) is 64.2 Å². The van der Waals surface area contributed by atoms with Gasteiger partial charge in [0.25, 0.3) is 0 Å². The molecule has 0 heterocycles. The van der Waals surface area contributed by atoms with Crippen LogP contribution in [0.1, 0.15) is 81.9 Å². The molecule has 0 aliphatic heterocycles. The fraction of sp³-hybridized carbons (Fsp3) is 0.692. The topological polar surface area (TPSA) is 0 Å². The smallest absolute Gasteiger partial charge is 0.0231 e. The molecule has 0 aromatic heterocycles. The van der Waals surface area contributed by atoms with Gasteiger partial charge in [-0.1, -0.05) is 43.7 Å². The van der Waals surface area contributed by atoms with Gasteiger partial charge in [-0.3, -0.25) is 0 Å². The van der Waals surface area contributed by atoms with E-state index in [9.17, 15) is 0 Å². The van der Waals surface area contributed by atoms with Gasteiger partial charge >= 0.3 is 0 Å². The van der Waals surface area contributed by atoms with Crippen LogP contribution >= 0.6 is 0 Å². The van der Waals surface area contributed by atoms with E-state index in [4.69, 9.17) is 0 Å². The summed E-state index contributed by atoms with van der Waals surface area (Å²) in [4.78, 5) is 0. The molecule has 3 aliphatic rings. The fourth-order valence-corrected chi connectivity index (χ4v) is 6.52. The van der Waals surface area contributed by atoms with Crippen LogP contribution in [0.2, 0.25) is 0 Å². The number of benzene rings is 1. The van der Waals surface area contributed by atoms with E-state index in [-0.39, 0.29) is 0 Å². The van der Waals surface area contributed by atoms with Crippen LogP contribution in [-0.2, 0) is 19.3 Å². The minimum Gasteiger partial charge on any atom is -0.0914 e. The lowest BCUT2D eigenvalue weighted by atomic mass is 9.61. The molecule has 0 radical (unpaired) electrons. The van der Waals surface area contributed by atoms with Crippen LogP contribution in [0.5, 0.6) is 0 Å². The standard InChI is InChI=1S/C26H38/c1-3-5-19-7-9-23-17-25(13-11-21(23)15-19)26-14-12-22-16-20(6-4-2)8-10-24(22)18-26/h3,5,8,10,16,19,21,23,25-26H,4,6-7,9,11-15,17-18H2,1-2H3/t19-,21-,23-,25?,26?/m1/s1. The third-order valence-corrected chi connectivity index (χ3v) is 7.90. The first-order chi connectivity index (χ1) is 12.8. The minimum atomic E-state index is 0.886. The summed E-state index contributed by atoms with van der Waals surface area (Å²) in [5.41, 5.74) is 4.91. The molecule has 142 valence electrons. The summed E-state index contributed by atoms with van der Waals surface area (Å²) in [6.07, 6.45) is 20.4. The van der Waals surface area contributed by atoms with Gasteiger partial charge in [-0.15, -0.1) is 0 Å². The lowest BCUT2D eigenvalue weighted by molar-refractivity contribution is 0.0810. The van der Waals surface area contributed by atoms with Crippen LogP contribution in [0.4, 0.5) is 0 Å². The van der Waals surface area contributed by atoms with E-state index in [1.54, 1.807) is 23.1 Å². The second-order valence-corrected chi connectivity index (χ2v) is 9.55. The number of allylic oxidation sites excluding steroid dienone is 2. The van der Waals surface area contributed by atoms with Crippen molar-refractivity contribution in [2.45, 2.75) is 84.5 Å². The second kappa shape index (κ2) is 8.32. The van der Waals surface area contributed by atoms with Crippen molar-refractivity contribution in [2.24, 2.45) is 29.6 Å². The third kappa shape index (κ3) is 3.95. The molecule has 0 spiro atoms. The maximum atomic E-state index is 2.52. The SMILES string of the molecule is CC=C[C@@H]1CC[C@@H]2CC(C3CCc4cc(CCC)ccc4C3)CC[C@@H]2C1. The maximum Gasteiger partial charge on any atom is -0.0231 e. The van der Waals surface area contributed by atoms with Crippen LogP contribution in [0, 0.1) is 29.6 Å². The van der Waals surface area contributed by atoms with E-state index in [2.05, 4.69) is 44.2 Å². The fourth-order valence-electron chi connectivity index (χ4n) is 6.52. The van der Waals surface area contributed by atoms with Crippen molar-refractivity contribution in [1.29, 1.82) is 0 Å². The van der Waals surface area contributed by atoms with Gasteiger partial charge in [0.2, 0.25) is 0 Å². The summed E-state index contributed by atoms with van der Waals surface area (Å²) in [6, 6.07) is 7.40. The zero-order valence-electron chi connectivity index (χ0n) is 17.1. The lowest BCUT2D eigenvalue weighted by Gasteiger charge is -2.44. The minimum absolute atomic E-state index is 0.886. The van der Waals surface area contributed by atoms with Crippen molar-refractivity contribution < 1.29 is 0 Å². The molecule has 0 nitrogen and oxygen atoms in total. The molecule has 0 amide bonds. The van der Waals surface area contributed by atoms with Crippen LogP contribution in [-0.4, -0.2) is 0 Å². The Morgan fingerprint density at radius 2 is 1.65 bits per heavy atom. The van der Waals surface area contributed by atoms with E-state index in [1.807, 2.05) is 0 Å². The van der Waals surface area contributed by atoms with Crippen LogP contribution in [0.3, 0.4) is 0 Å². The highest BCUT2D eigenvalue weighted by Crippen LogP contribution is 2.48. The van der Waals surface area contributed by atoms with Crippen LogP contribution in [0.25, 0.3) is 0 Å². The molecular weight excluding hydrogens is 312 g/mol. The molecule has 0 bridgehead atoms. The summed E-state index contributed by atoms with van der Waals surface area (Å²) < 4.78 is 0. The molecule has 4 rings (SSSR count). The summed E-state index contributed by atoms with van der Waals surface area (Å²) in [6.45, 7) is 4.48. The number of hydrogen-bond acceptors (Lipinski definition) is 0. The van der Waals surface area contributed by atoms with E-state index in [0.29, 0.717) is 0 Å². The Morgan fingerprint density at radius 1 is 0.885 bits per heavy atom.